The predicted octanol–water partition coefficient (Wildman–Crippen LogP) is 0.972. The Morgan fingerprint density at radius 2 is 1.37 bits per heavy atom. The molecule has 5 atom stereocenters. The minimum Gasteiger partial charge on any atom is -0.342 e. The average Bonchev–Trinajstić information content (AvgIpc) is 2.70. The summed E-state index contributed by atoms with van der Waals surface area (Å²) in [5, 5.41) is 0. The molecule has 0 saturated carbocycles. The molecule has 3 aliphatic heterocycles. The van der Waals surface area contributed by atoms with E-state index < -0.39 is 30.1 Å². The fraction of sp³-hybridized carbons (Fsp3) is 0.923. The van der Waals surface area contributed by atoms with Crippen molar-refractivity contribution < 1.29 is 28.5 Å². The number of Topliss-reactive ketones (excluding diaryl/α,β-unsaturated/α-hetero) is 1. The van der Waals surface area contributed by atoms with Gasteiger partial charge in [-0.1, -0.05) is 0 Å². The Balaban J connectivity index is 1.91. The summed E-state index contributed by atoms with van der Waals surface area (Å²) in [5.74, 6) is -1.60. The number of rotatable bonds is 1. The smallest absolute Gasteiger partial charge is 0.190 e. The molecule has 0 amide bonds. The topological polar surface area (TPSA) is 63.2 Å². The summed E-state index contributed by atoms with van der Waals surface area (Å²) < 4.78 is 28.9. The van der Waals surface area contributed by atoms with Crippen molar-refractivity contribution in [1.29, 1.82) is 0 Å². The summed E-state index contributed by atoms with van der Waals surface area (Å²) in [4.78, 5) is 11.7. The number of hydrogen-bond donors (Lipinski definition) is 0. The van der Waals surface area contributed by atoms with Crippen LogP contribution in [-0.2, 0) is 28.5 Å². The van der Waals surface area contributed by atoms with Crippen LogP contribution in [0.3, 0.4) is 0 Å². The minimum atomic E-state index is -0.753. The molecule has 0 bridgehead atoms. The molecular weight excluding hydrogens is 252 g/mol. The van der Waals surface area contributed by atoms with Crippen LogP contribution in [0.1, 0.15) is 34.6 Å². The van der Waals surface area contributed by atoms with Gasteiger partial charge in [0.1, 0.15) is 24.4 Å². The monoisotopic (exact) mass is 272 g/mol. The summed E-state index contributed by atoms with van der Waals surface area (Å²) in [5.41, 5.74) is 0. The lowest BCUT2D eigenvalue weighted by atomic mass is 9.97. The van der Waals surface area contributed by atoms with Crippen LogP contribution in [0.5, 0.6) is 0 Å². The number of ether oxygens (including phenoxy) is 5. The number of ketones is 1. The second-order valence-electron chi connectivity index (χ2n) is 6.20. The molecule has 0 aromatic heterocycles. The zero-order chi connectivity index (χ0) is 14.0. The Labute approximate surface area is 112 Å². The molecule has 0 aromatic rings. The molecule has 6 nitrogen and oxygen atoms in total. The van der Waals surface area contributed by atoms with E-state index in [-0.39, 0.29) is 18.0 Å². The zero-order valence-corrected chi connectivity index (χ0v) is 11.8. The molecule has 0 radical (unpaired) electrons. The van der Waals surface area contributed by atoms with Crippen molar-refractivity contribution in [3.05, 3.63) is 0 Å². The third kappa shape index (κ3) is 2.21. The molecule has 0 N–H and O–H groups in total. The van der Waals surface area contributed by atoms with Gasteiger partial charge in [-0.15, -0.1) is 0 Å². The molecule has 19 heavy (non-hydrogen) atoms. The van der Waals surface area contributed by atoms with E-state index in [9.17, 15) is 4.79 Å². The summed E-state index contributed by atoms with van der Waals surface area (Å²) in [6, 6.07) is 0. The number of carbonyl (C=O) groups excluding carboxylic acids is 1. The maximum absolute atomic E-state index is 11.7. The lowest BCUT2D eigenvalue weighted by Crippen LogP contribution is -2.57. The van der Waals surface area contributed by atoms with E-state index in [4.69, 9.17) is 23.7 Å². The molecule has 3 saturated heterocycles. The third-order valence-electron chi connectivity index (χ3n) is 3.56. The van der Waals surface area contributed by atoms with Gasteiger partial charge in [0.2, 0.25) is 0 Å². The maximum atomic E-state index is 11.7. The van der Waals surface area contributed by atoms with Crippen molar-refractivity contribution in [3.63, 3.8) is 0 Å². The van der Waals surface area contributed by atoms with Crippen LogP contribution in [-0.4, -0.2) is 48.1 Å². The van der Waals surface area contributed by atoms with E-state index in [1.807, 2.05) is 27.7 Å². The van der Waals surface area contributed by atoms with Crippen molar-refractivity contribution in [2.45, 2.75) is 76.9 Å². The normalized spacial score (nSPS) is 46.7. The first-order valence-corrected chi connectivity index (χ1v) is 6.56. The van der Waals surface area contributed by atoms with Gasteiger partial charge < -0.3 is 23.7 Å². The van der Waals surface area contributed by atoms with Gasteiger partial charge in [-0.05, 0) is 34.6 Å². The van der Waals surface area contributed by atoms with Crippen molar-refractivity contribution >= 4 is 5.78 Å². The Morgan fingerprint density at radius 3 is 2.00 bits per heavy atom. The summed E-state index contributed by atoms with van der Waals surface area (Å²) in [6.07, 6.45) is -2.46. The van der Waals surface area contributed by atoms with E-state index in [1.54, 1.807) is 0 Å². The first-order chi connectivity index (χ1) is 8.69. The van der Waals surface area contributed by atoms with Crippen LogP contribution in [0.4, 0.5) is 0 Å². The molecule has 0 aromatic carbocycles. The van der Waals surface area contributed by atoms with Crippen LogP contribution in [0.15, 0.2) is 0 Å². The standard InChI is InChI=1S/C13H20O6/c1-6(14)7-8-9(17-12(2,3)16-8)10-11(15-7)19-13(4,5)18-10/h7-11H,1-5H3/t7-,8+,9+,10-,11-/m0/s1. The number of hydrogen-bond acceptors (Lipinski definition) is 6. The second kappa shape index (κ2) is 3.99. The van der Waals surface area contributed by atoms with Crippen molar-refractivity contribution in [3.8, 4) is 0 Å². The number of carbonyl (C=O) groups is 1. The van der Waals surface area contributed by atoms with Crippen LogP contribution in [0.25, 0.3) is 0 Å². The Bertz CT molecular complexity index is 404. The quantitative estimate of drug-likeness (QED) is 0.709. The van der Waals surface area contributed by atoms with Gasteiger partial charge in [-0.3, -0.25) is 4.79 Å². The van der Waals surface area contributed by atoms with Crippen LogP contribution < -0.4 is 0 Å². The molecule has 6 heteroatoms. The molecule has 108 valence electrons. The molecule has 3 fully saturated rings. The molecule has 0 aliphatic carbocycles. The largest absolute Gasteiger partial charge is 0.342 e. The highest BCUT2D eigenvalue weighted by molar-refractivity contribution is 5.81. The second-order valence-corrected chi connectivity index (χ2v) is 6.20. The van der Waals surface area contributed by atoms with Gasteiger partial charge in [-0.25, -0.2) is 0 Å². The van der Waals surface area contributed by atoms with Gasteiger partial charge in [0, 0.05) is 0 Å². The zero-order valence-electron chi connectivity index (χ0n) is 11.8. The van der Waals surface area contributed by atoms with E-state index in [1.165, 1.54) is 6.92 Å². The molecule has 3 heterocycles. The SMILES string of the molecule is CC(=O)[C@@H]1O[C@H]2OC(C)(C)O[C@H]2[C@@H]2OC(C)(C)O[C@@H]21. The van der Waals surface area contributed by atoms with E-state index in [0.29, 0.717) is 0 Å². The Hall–Kier alpha value is -0.530. The lowest BCUT2D eigenvalue weighted by Gasteiger charge is -2.35. The van der Waals surface area contributed by atoms with Crippen LogP contribution >= 0.6 is 0 Å². The molecule has 0 spiro atoms. The Kier molecular flexibility index (Phi) is 2.82. The van der Waals surface area contributed by atoms with Crippen LogP contribution in [0.2, 0.25) is 0 Å². The predicted molar refractivity (Wildman–Crippen MR) is 63.2 cm³/mol. The highest BCUT2D eigenvalue weighted by Gasteiger charge is 2.61. The molecule has 0 unspecified atom stereocenters. The summed E-state index contributed by atoms with van der Waals surface area (Å²) in [7, 11) is 0. The fourth-order valence-corrected chi connectivity index (χ4v) is 2.94. The minimum absolute atomic E-state index is 0.0944. The fourth-order valence-electron chi connectivity index (χ4n) is 2.94. The van der Waals surface area contributed by atoms with Crippen molar-refractivity contribution in [2.24, 2.45) is 0 Å². The highest BCUT2D eigenvalue weighted by atomic mass is 16.9. The van der Waals surface area contributed by atoms with Gasteiger partial charge in [0.15, 0.2) is 23.6 Å². The molecular formula is C13H20O6. The van der Waals surface area contributed by atoms with E-state index >= 15 is 0 Å². The first kappa shape index (κ1) is 13.5. The molecule has 3 aliphatic rings. The third-order valence-corrected chi connectivity index (χ3v) is 3.56. The van der Waals surface area contributed by atoms with Gasteiger partial charge >= 0.3 is 0 Å². The summed E-state index contributed by atoms with van der Waals surface area (Å²) >= 11 is 0. The van der Waals surface area contributed by atoms with Crippen molar-refractivity contribution in [2.75, 3.05) is 0 Å². The van der Waals surface area contributed by atoms with Crippen molar-refractivity contribution in [1.82, 2.24) is 0 Å². The highest BCUT2D eigenvalue weighted by Crippen LogP contribution is 2.44. The maximum Gasteiger partial charge on any atom is 0.190 e. The molecule has 3 rings (SSSR count). The first-order valence-electron chi connectivity index (χ1n) is 6.56. The van der Waals surface area contributed by atoms with E-state index in [0.717, 1.165) is 0 Å². The van der Waals surface area contributed by atoms with E-state index in [2.05, 4.69) is 0 Å². The van der Waals surface area contributed by atoms with Gasteiger partial charge in [0.25, 0.3) is 0 Å². The average molecular weight is 272 g/mol. The number of fused-ring (bicyclic) bond motifs is 3. The van der Waals surface area contributed by atoms with Crippen LogP contribution in [0, 0.1) is 0 Å². The summed E-state index contributed by atoms with van der Waals surface area (Å²) in [6.45, 7) is 8.75. The van der Waals surface area contributed by atoms with Gasteiger partial charge in [0.05, 0.1) is 0 Å². The lowest BCUT2D eigenvalue weighted by molar-refractivity contribution is -0.230. The Morgan fingerprint density at radius 1 is 0.842 bits per heavy atom. The van der Waals surface area contributed by atoms with Gasteiger partial charge in [-0.2, -0.15) is 0 Å².